The summed E-state index contributed by atoms with van der Waals surface area (Å²) in [7, 11) is 2.37. The van der Waals surface area contributed by atoms with Gasteiger partial charge >= 0.3 is 11.9 Å². The number of carbonyl (C=O) groups is 3. The van der Waals surface area contributed by atoms with Crippen LogP contribution in [0.15, 0.2) is 0 Å². The molecule has 0 aliphatic carbocycles. The molecule has 0 amide bonds. The zero-order chi connectivity index (χ0) is 11.1. The van der Waals surface area contributed by atoms with E-state index in [0.29, 0.717) is 6.29 Å². The molecule has 0 rings (SSSR count). The monoisotopic (exact) mass is 202 g/mol. The fraction of sp³-hybridized carbons (Fsp3) is 0.667. The van der Waals surface area contributed by atoms with Gasteiger partial charge in [-0.15, -0.1) is 0 Å². The first-order valence-corrected chi connectivity index (χ1v) is 4.17. The van der Waals surface area contributed by atoms with E-state index >= 15 is 0 Å². The number of ether oxygens (including phenoxy) is 2. The van der Waals surface area contributed by atoms with Gasteiger partial charge in [-0.3, -0.25) is 9.59 Å². The van der Waals surface area contributed by atoms with Crippen molar-refractivity contribution < 1.29 is 23.9 Å². The van der Waals surface area contributed by atoms with E-state index in [0.717, 1.165) is 0 Å². The van der Waals surface area contributed by atoms with E-state index in [1.165, 1.54) is 14.2 Å². The van der Waals surface area contributed by atoms with Crippen molar-refractivity contribution in [3.8, 4) is 0 Å². The number of carbonyl (C=O) groups excluding carboxylic acids is 3. The maximum absolute atomic E-state index is 11.2. The summed E-state index contributed by atoms with van der Waals surface area (Å²) < 4.78 is 8.89. The highest BCUT2D eigenvalue weighted by Gasteiger charge is 2.33. The van der Waals surface area contributed by atoms with E-state index in [1.807, 2.05) is 0 Å². The van der Waals surface area contributed by atoms with Crippen LogP contribution in [0.1, 0.15) is 13.3 Å². The number of esters is 2. The van der Waals surface area contributed by atoms with Crippen molar-refractivity contribution in [1.82, 2.24) is 0 Å². The van der Waals surface area contributed by atoms with Gasteiger partial charge in [0.1, 0.15) is 6.29 Å². The second kappa shape index (κ2) is 6.12. The first-order valence-electron chi connectivity index (χ1n) is 4.17. The lowest BCUT2D eigenvalue weighted by atomic mass is 9.92. The van der Waals surface area contributed by atoms with Gasteiger partial charge in [0.15, 0.2) is 5.92 Å². The Kier molecular flexibility index (Phi) is 5.52. The molecule has 0 heterocycles. The first kappa shape index (κ1) is 12.6. The molecule has 0 spiro atoms. The molecular formula is C9H14O5. The predicted octanol–water partition coefficient (Wildman–Crippen LogP) is 0.174. The third kappa shape index (κ3) is 3.16. The van der Waals surface area contributed by atoms with Crippen LogP contribution in [0.4, 0.5) is 0 Å². The van der Waals surface area contributed by atoms with Gasteiger partial charge in [-0.05, 0) is 5.92 Å². The average Bonchev–Trinajstić information content (AvgIpc) is 2.17. The molecule has 0 bridgehead atoms. The first-order chi connectivity index (χ1) is 6.58. The van der Waals surface area contributed by atoms with E-state index in [4.69, 9.17) is 0 Å². The van der Waals surface area contributed by atoms with Crippen LogP contribution >= 0.6 is 0 Å². The van der Waals surface area contributed by atoms with Gasteiger partial charge in [0.05, 0.1) is 14.2 Å². The van der Waals surface area contributed by atoms with Crippen LogP contribution in [0.25, 0.3) is 0 Å². The summed E-state index contributed by atoms with van der Waals surface area (Å²) in [6.07, 6.45) is 0.776. The molecule has 1 atom stereocenters. The second-order valence-corrected chi connectivity index (χ2v) is 2.90. The molecule has 5 heteroatoms. The molecule has 0 saturated heterocycles. The molecule has 0 aromatic rings. The highest BCUT2D eigenvalue weighted by atomic mass is 16.5. The Labute approximate surface area is 82.4 Å². The van der Waals surface area contributed by atoms with Gasteiger partial charge in [0.25, 0.3) is 0 Å². The summed E-state index contributed by atoms with van der Waals surface area (Å²) in [6.45, 7) is 1.62. The lowest BCUT2D eigenvalue weighted by Crippen LogP contribution is -2.32. The lowest BCUT2D eigenvalue weighted by molar-refractivity contribution is -0.161. The smallest absolute Gasteiger partial charge is 0.320 e. The Bertz CT molecular complexity index is 207. The maximum Gasteiger partial charge on any atom is 0.320 e. The van der Waals surface area contributed by atoms with Gasteiger partial charge < -0.3 is 14.3 Å². The molecule has 14 heavy (non-hydrogen) atoms. The average molecular weight is 202 g/mol. The normalized spacial score (nSPS) is 12.0. The van der Waals surface area contributed by atoms with E-state index in [2.05, 4.69) is 9.47 Å². The van der Waals surface area contributed by atoms with Gasteiger partial charge in [0, 0.05) is 6.42 Å². The largest absolute Gasteiger partial charge is 0.468 e. The van der Waals surface area contributed by atoms with Crippen molar-refractivity contribution in [3.63, 3.8) is 0 Å². The molecule has 0 fully saturated rings. The Morgan fingerprint density at radius 3 is 1.93 bits per heavy atom. The molecule has 0 aliphatic heterocycles. The van der Waals surface area contributed by atoms with Crippen LogP contribution in [0.2, 0.25) is 0 Å². The minimum Gasteiger partial charge on any atom is -0.468 e. The quantitative estimate of drug-likeness (QED) is 0.361. The topological polar surface area (TPSA) is 69.7 Å². The number of rotatable bonds is 5. The van der Waals surface area contributed by atoms with Crippen molar-refractivity contribution in [2.45, 2.75) is 13.3 Å². The van der Waals surface area contributed by atoms with Gasteiger partial charge in [0.2, 0.25) is 0 Å². The van der Waals surface area contributed by atoms with Crippen LogP contribution in [0.3, 0.4) is 0 Å². The molecule has 0 N–H and O–H groups in total. The Morgan fingerprint density at radius 1 is 1.21 bits per heavy atom. The van der Waals surface area contributed by atoms with E-state index in [-0.39, 0.29) is 6.42 Å². The Balaban J connectivity index is 4.61. The van der Waals surface area contributed by atoms with E-state index in [9.17, 15) is 14.4 Å². The summed E-state index contributed by atoms with van der Waals surface area (Å²) in [6, 6.07) is 0. The van der Waals surface area contributed by atoms with Crippen molar-refractivity contribution >= 4 is 18.2 Å². The SMILES string of the molecule is COC(=O)C(C(=O)OC)[C@H](C)CC=O. The minimum atomic E-state index is -1.02. The van der Waals surface area contributed by atoms with E-state index in [1.54, 1.807) is 6.92 Å². The van der Waals surface area contributed by atoms with E-state index < -0.39 is 23.8 Å². The molecule has 80 valence electrons. The van der Waals surface area contributed by atoms with Gasteiger partial charge in [-0.1, -0.05) is 6.92 Å². The zero-order valence-electron chi connectivity index (χ0n) is 8.48. The zero-order valence-corrected chi connectivity index (χ0v) is 8.48. The van der Waals surface area contributed by atoms with Crippen LogP contribution in [-0.4, -0.2) is 32.4 Å². The molecule has 0 aromatic heterocycles. The predicted molar refractivity (Wildman–Crippen MR) is 47.4 cm³/mol. The molecule has 0 aromatic carbocycles. The number of aldehydes is 1. The minimum absolute atomic E-state index is 0.120. The van der Waals surface area contributed by atoms with Crippen molar-refractivity contribution in [1.29, 1.82) is 0 Å². The standard InChI is InChI=1S/C9H14O5/c1-6(4-5-10)7(8(11)13-2)9(12)14-3/h5-7H,4H2,1-3H3/t6-/m1/s1. The van der Waals surface area contributed by atoms with Gasteiger partial charge in [-0.2, -0.15) is 0 Å². The molecule has 0 saturated carbocycles. The van der Waals surface area contributed by atoms with Crippen molar-refractivity contribution in [2.24, 2.45) is 11.8 Å². The maximum atomic E-state index is 11.2. The summed E-state index contributed by atoms with van der Waals surface area (Å²) in [5.41, 5.74) is 0. The number of hydrogen-bond donors (Lipinski definition) is 0. The molecule has 0 unspecified atom stereocenters. The fourth-order valence-corrected chi connectivity index (χ4v) is 1.10. The van der Waals surface area contributed by atoms with Crippen LogP contribution < -0.4 is 0 Å². The van der Waals surface area contributed by atoms with Crippen molar-refractivity contribution in [3.05, 3.63) is 0 Å². The lowest BCUT2D eigenvalue weighted by Gasteiger charge is -2.17. The van der Waals surface area contributed by atoms with Crippen molar-refractivity contribution in [2.75, 3.05) is 14.2 Å². The summed E-state index contributed by atoms with van der Waals surface area (Å²) in [5, 5.41) is 0. The second-order valence-electron chi connectivity index (χ2n) is 2.90. The summed E-state index contributed by atoms with van der Waals surface area (Å²) in [4.78, 5) is 32.6. The third-order valence-electron chi connectivity index (χ3n) is 1.95. The highest BCUT2D eigenvalue weighted by molar-refractivity contribution is 5.95. The van der Waals surface area contributed by atoms with Crippen LogP contribution in [-0.2, 0) is 23.9 Å². The summed E-state index contributed by atoms with van der Waals surface area (Å²) >= 11 is 0. The Hall–Kier alpha value is -1.39. The Morgan fingerprint density at radius 2 is 1.64 bits per heavy atom. The number of methoxy groups -OCH3 is 2. The molecule has 5 nitrogen and oxygen atoms in total. The number of hydrogen-bond acceptors (Lipinski definition) is 5. The van der Waals surface area contributed by atoms with Crippen LogP contribution in [0, 0.1) is 11.8 Å². The molecule has 0 aliphatic rings. The van der Waals surface area contributed by atoms with Crippen LogP contribution in [0.5, 0.6) is 0 Å². The van der Waals surface area contributed by atoms with Gasteiger partial charge in [-0.25, -0.2) is 0 Å². The fourth-order valence-electron chi connectivity index (χ4n) is 1.10. The highest BCUT2D eigenvalue weighted by Crippen LogP contribution is 2.17. The summed E-state index contributed by atoms with van der Waals surface area (Å²) in [5.74, 6) is -2.78. The molecular weight excluding hydrogens is 188 g/mol. The molecule has 0 radical (unpaired) electrons. The third-order valence-corrected chi connectivity index (χ3v) is 1.95.